The van der Waals surface area contributed by atoms with Crippen molar-refractivity contribution in [3.8, 4) is 11.5 Å². The molecule has 0 atom stereocenters. The molecule has 0 bridgehead atoms. The lowest BCUT2D eigenvalue weighted by molar-refractivity contribution is 0.356. The van der Waals surface area contributed by atoms with Crippen LogP contribution in [-0.4, -0.2) is 27.3 Å². The van der Waals surface area contributed by atoms with Crippen LogP contribution in [0.3, 0.4) is 0 Å². The zero-order valence-electron chi connectivity index (χ0n) is 11.9. The quantitative estimate of drug-likeness (QED) is 0.920. The molecule has 0 amide bonds. The van der Waals surface area contributed by atoms with Crippen LogP contribution in [0.5, 0.6) is 11.5 Å². The Morgan fingerprint density at radius 2 is 1.84 bits per heavy atom. The topological polar surface area (TPSA) is 30.5 Å². The third kappa shape index (κ3) is 3.15. The maximum Gasteiger partial charge on any atom is 0.144 e. The van der Waals surface area contributed by atoms with Crippen LogP contribution in [0.2, 0.25) is 5.02 Å². The van der Waals surface area contributed by atoms with Crippen LogP contribution in [0.1, 0.15) is 24.0 Å². The van der Waals surface area contributed by atoms with Crippen LogP contribution < -0.4 is 14.8 Å². The van der Waals surface area contributed by atoms with Crippen LogP contribution in [-0.2, 0) is 6.42 Å². The Morgan fingerprint density at radius 1 is 1.21 bits per heavy atom. The highest BCUT2D eigenvalue weighted by Gasteiger charge is 2.20. The molecule has 1 aliphatic heterocycles. The molecular weight excluding hydrogens is 262 g/mol. The van der Waals surface area contributed by atoms with Gasteiger partial charge in [-0.1, -0.05) is 11.6 Å². The van der Waals surface area contributed by atoms with Gasteiger partial charge in [0.2, 0.25) is 0 Å². The summed E-state index contributed by atoms with van der Waals surface area (Å²) >= 11 is 6.29. The minimum Gasteiger partial charge on any atom is -0.496 e. The average Bonchev–Trinajstić information content (AvgIpc) is 2.40. The van der Waals surface area contributed by atoms with Crippen molar-refractivity contribution in [1.29, 1.82) is 0 Å². The van der Waals surface area contributed by atoms with E-state index in [0.29, 0.717) is 16.7 Å². The maximum atomic E-state index is 6.29. The second-order valence-electron chi connectivity index (χ2n) is 5.11. The molecule has 1 heterocycles. The van der Waals surface area contributed by atoms with Crippen LogP contribution in [0.4, 0.5) is 0 Å². The SMILES string of the molecule is COc1c(Cl)cc(CC2CCNCC2)c(OC)c1C. The highest BCUT2D eigenvalue weighted by atomic mass is 35.5. The molecule has 106 valence electrons. The van der Waals surface area contributed by atoms with Crippen molar-refractivity contribution in [3.05, 3.63) is 22.2 Å². The van der Waals surface area contributed by atoms with Gasteiger partial charge in [0.1, 0.15) is 11.5 Å². The maximum absolute atomic E-state index is 6.29. The number of nitrogens with one attached hydrogen (secondary N) is 1. The summed E-state index contributed by atoms with van der Waals surface area (Å²) in [5.41, 5.74) is 2.18. The zero-order chi connectivity index (χ0) is 13.8. The second kappa shape index (κ2) is 6.49. The van der Waals surface area contributed by atoms with E-state index in [4.69, 9.17) is 21.1 Å². The van der Waals surface area contributed by atoms with E-state index in [2.05, 4.69) is 5.32 Å². The summed E-state index contributed by atoms with van der Waals surface area (Å²) < 4.78 is 10.9. The van der Waals surface area contributed by atoms with Crippen molar-refractivity contribution in [2.24, 2.45) is 5.92 Å². The lowest BCUT2D eigenvalue weighted by Crippen LogP contribution is -2.28. The van der Waals surface area contributed by atoms with E-state index in [-0.39, 0.29) is 0 Å². The molecule has 2 rings (SSSR count). The molecule has 0 aromatic heterocycles. The average molecular weight is 284 g/mol. The highest BCUT2D eigenvalue weighted by Crippen LogP contribution is 2.39. The second-order valence-corrected chi connectivity index (χ2v) is 5.51. The van der Waals surface area contributed by atoms with E-state index in [1.54, 1.807) is 14.2 Å². The third-order valence-corrected chi connectivity index (χ3v) is 4.15. The molecule has 1 aromatic rings. The van der Waals surface area contributed by atoms with E-state index in [1.165, 1.54) is 18.4 Å². The molecule has 3 nitrogen and oxygen atoms in total. The third-order valence-electron chi connectivity index (χ3n) is 3.87. The van der Waals surface area contributed by atoms with E-state index in [1.807, 2.05) is 13.0 Å². The minimum atomic E-state index is 0.671. The number of hydrogen-bond acceptors (Lipinski definition) is 3. The first-order chi connectivity index (χ1) is 9.17. The van der Waals surface area contributed by atoms with Gasteiger partial charge in [-0.3, -0.25) is 0 Å². The Morgan fingerprint density at radius 3 is 2.42 bits per heavy atom. The van der Waals surface area contributed by atoms with Gasteiger partial charge in [0.25, 0.3) is 0 Å². The molecule has 1 fully saturated rings. The lowest BCUT2D eigenvalue weighted by Gasteiger charge is -2.24. The van der Waals surface area contributed by atoms with Gasteiger partial charge in [-0.05, 0) is 56.8 Å². The van der Waals surface area contributed by atoms with Crippen molar-refractivity contribution in [1.82, 2.24) is 5.32 Å². The summed E-state index contributed by atoms with van der Waals surface area (Å²) in [6.45, 7) is 4.21. The van der Waals surface area contributed by atoms with Gasteiger partial charge < -0.3 is 14.8 Å². The first kappa shape index (κ1) is 14.5. The first-order valence-electron chi connectivity index (χ1n) is 6.78. The normalized spacial score (nSPS) is 16.4. The largest absolute Gasteiger partial charge is 0.496 e. The van der Waals surface area contributed by atoms with Crippen LogP contribution >= 0.6 is 11.6 Å². The zero-order valence-corrected chi connectivity index (χ0v) is 12.6. The van der Waals surface area contributed by atoms with E-state index in [9.17, 15) is 0 Å². The number of benzene rings is 1. The smallest absolute Gasteiger partial charge is 0.144 e. The van der Waals surface area contributed by atoms with Gasteiger partial charge in [-0.15, -0.1) is 0 Å². The van der Waals surface area contributed by atoms with Crippen LogP contribution in [0, 0.1) is 12.8 Å². The Hall–Kier alpha value is -0.930. The molecule has 19 heavy (non-hydrogen) atoms. The number of piperidine rings is 1. The molecule has 4 heteroatoms. The Balaban J connectivity index is 2.28. The van der Waals surface area contributed by atoms with Gasteiger partial charge in [0.15, 0.2) is 0 Å². The van der Waals surface area contributed by atoms with Crippen molar-refractivity contribution < 1.29 is 9.47 Å². The highest BCUT2D eigenvalue weighted by molar-refractivity contribution is 6.32. The summed E-state index contributed by atoms with van der Waals surface area (Å²) in [5, 5.41) is 4.06. The number of methoxy groups -OCH3 is 2. The molecule has 0 aliphatic carbocycles. The summed E-state index contributed by atoms with van der Waals surface area (Å²) in [6.07, 6.45) is 3.45. The summed E-state index contributed by atoms with van der Waals surface area (Å²) in [7, 11) is 3.35. The van der Waals surface area contributed by atoms with Gasteiger partial charge >= 0.3 is 0 Å². The van der Waals surface area contributed by atoms with Crippen molar-refractivity contribution in [2.45, 2.75) is 26.2 Å². The number of rotatable bonds is 4. The van der Waals surface area contributed by atoms with Gasteiger partial charge in [-0.2, -0.15) is 0 Å². The molecular formula is C15H22ClNO2. The fraction of sp³-hybridized carbons (Fsp3) is 0.600. The molecule has 0 unspecified atom stereocenters. The van der Waals surface area contributed by atoms with Gasteiger partial charge in [0, 0.05) is 5.56 Å². The fourth-order valence-electron chi connectivity index (χ4n) is 2.89. The number of ether oxygens (including phenoxy) is 2. The monoisotopic (exact) mass is 283 g/mol. The van der Waals surface area contributed by atoms with Crippen molar-refractivity contribution in [3.63, 3.8) is 0 Å². The van der Waals surface area contributed by atoms with Crippen molar-refractivity contribution in [2.75, 3.05) is 27.3 Å². The van der Waals surface area contributed by atoms with E-state index in [0.717, 1.165) is 30.8 Å². The number of halogens is 1. The molecule has 1 N–H and O–H groups in total. The van der Waals surface area contributed by atoms with E-state index < -0.39 is 0 Å². The summed E-state index contributed by atoms with van der Waals surface area (Å²) in [5.74, 6) is 2.34. The Kier molecular flexibility index (Phi) is 4.94. The standard InChI is InChI=1S/C15H22ClNO2/c1-10-14(18-2)12(9-13(16)15(10)19-3)8-11-4-6-17-7-5-11/h9,11,17H,4-8H2,1-3H3. The lowest BCUT2D eigenvalue weighted by atomic mass is 9.90. The van der Waals surface area contributed by atoms with Gasteiger partial charge in [0.05, 0.1) is 19.2 Å². The summed E-state index contributed by atoms with van der Waals surface area (Å²) in [6, 6.07) is 1.99. The molecule has 0 saturated carbocycles. The predicted molar refractivity (Wildman–Crippen MR) is 78.6 cm³/mol. The number of hydrogen-bond donors (Lipinski definition) is 1. The first-order valence-corrected chi connectivity index (χ1v) is 7.15. The predicted octanol–water partition coefficient (Wildman–Crippen LogP) is 3.21. The van der Waals surface area contributed by atoms with Crippen molar-refractivity contribution >= 4 is 11.6 Å². The minimum absolute atomic E-state index is 0.671. The molecule has 1 aliphatic rings. The fourth-order valence-corrected chi connectivity index (χ4v) is 3.24. The molecule has 0 radical (unpaired) electrons. The molecule has 1 saturated heterocycles. The van der Waals surface area contributed by atoms with Gasteiger partial charge in [-0.25, -0.2) is 0 Å². The van der Waals surface area contributed by atoms with E-state index >= 15 is 0 Å². The molecule has 1 aromatic carbocycles. The Labute approximate surface area is 120 Å². The Bertz CT molecular complexity index is 442. The van der Waals surface area contributed by atoms with Crippen LogP contribution in [0.25, 0.3) is 0 Å². The summed E-state index contributed by atoms with van der Waals surface area (Å²) in [4.78, 5) is 0. The van der Waals surface area contributed by atoms with Crippen LogP contribution in [0.15, 0.2) is 6.07 Å². The molecule has 0 spiro atoms.